The quantitative estimate of drug-likeness (QED) is 0.503. The van der Waals surface area contributed by atoms with E-state index in [0.29, 0.717) is 0 Å². The van der Waals surface area contributed by atoms with Crippen molar-refractivity contribution in [3.05, 3.63) is 0 Å². The molecule has 0 aliphatic rings. The summed E-state index contributed by atoms with van der Waals surface area (Å²) in [6.07, 6.45) is 0.0543. The van der Waals surface area contributed by atoms with Gasteiger partial charge in [0.1, 0.15) is 5.54 Å². The van der Waals surface area contributed by atoms with Crippen LogP contribution in [0, 0.1) is 0 Å². The van der Waals surface area contributed by atoms with Gasteiger partial charge in [0.15, 0.2) is 6.79 Å². The molecule has 4 nitrogen and oxygen atoms in total. The van der Waals surface area contributed by atoms with E-state index in [4.69, 9.17) is 15.2 Å². The summed E-state index contributed by atoms with van der Waals surface area (Å²) in [6, 6.07) is 0. The van der Waals surface area contributed by atoms with E-state index < -0.39 is 11.5 Å². The number of ether oxygens (including phenoxy) is 2. The van der Waals surface area contributed by atoms with E-state index in [-0.39, 0.29) is 12.9 Å². The number of rotatable bonds is 4. The van der Waals surface area contributed by atoms with Crippen molar-refractivity contribution >= 4 is 5.97 Å². The zero-order valence-electron chi connectivity index (χ0n) is 8.09. The largest absolute Gasteiger partial charge is 0.437 e. The molecule has 0 fully saturated rings. The molecule has 0 aromatic heterocycles. The van der Waals surface area contributed by atoms with Gasteiger partial charge in [-0.3, -0.25) is 4.79 Å². The number of esters is 1. The highest BCUT2D eigenvalue weighted by molar-refractivity contribution is 5.79. The Balaban J connectivity index is 3.59. The fourth-order valence-electron chi connectivity index (χ4n) is 0.410. The third-order valence-corrected chi connectivity index (χ3v) is 1.12. The predicted octanol–water partition coefficient (Wildman–Crippen LogP) is 0.649. The van der Waals surface area contributed by atoms with Gasteiger partial charge >= 0.3 is 5.97 Å². The minimum Gasteiger partial charge on any atom is -0.437 e. The van der Waals surface area contributed by atoms with Crippen molar-refractivity contribution in [2.75, 3.05) is 6.79 Å². The second kappa shape index (κ2) is 4.42. The number of nitrogens with two attached hydrogens (primary N) is 1. The smallest absolute Gasteiger partial charge is 0.327 e. The number of carbonyl (C=O) groups excluding carboxylic acids is 1. The summed E-state index contributed by atoms with van der Waals surface area (Å²) in [4.78, 5) is 11.0. The Morgan fingerprint density at radius 2 is 2.00 bits per heavy atom. The van der Waals surface area contributed by atoms with Crippen LogP contribution in [0.25, 0.3) is 0 Å². The van der Waals surface area contributed by atoms with Crippen LogP contribution in [0.2, 0.25) is 0 Å². The van der Waals surface area contributed by atoms with Crippen molar-refractivity contribution in [2.45, 2.75) is 39.3 Å². The van der Waals surface area contributed by atoms with Gasteiger partial charge in [0, 0.05) is 0 Å². The minimum absolute atomic E-state index is 0.0306. The first-order valence-electron chi connectivity index (χ1n) is 3.91. The van der Waals surface area contributed by atoms with Crippen LogP contribution in [0.4, 0.5) is 0 Å². The lowest BCUT2D eigenvalue weighted by atomic mass is 10.1. The van der Waals surface area contributed by atoms with Crippen LogP contribution in [-0.2, 0) is 14.3 Å². The van der Waals surface area contributed by atoms with Gasteiger partial charge in [-0.2, -0.15) is 0 Å². The van der Waals surface area contributed by atoms with E-state index in [9.17, 15) is 4.79 Å². The molecule has 0 saturated heterocycles. The van der Waals surface area contributed by atoms with Gasteiger partial charge in [0.05, 0.1) is 6.10 Å². The average Bonchev–Trinajstić information content (AvgIpc) is 1.84. The standard InChI is InChI=1S/C8H17NO3/c1-6(2)11-5-12-7(10)8(3,4)9/h6H,5,9H2,1-4H3. The summed E-state index contributed by atoms with van der Waals surface area (Å²) in [5.74, 6) is -0.455. The highest BCUT2D eigenvalue weighted by atomic mass is 16.7. The SMILES string of the molecule is CC(C)OCOC(=O)C(C)(C)N. The van der Waals surface area contributed by atoms with Crippen molar-refractivity contribution in [1.82, 2.24) is 0 Å². The molecule has 0 aliphatic carbocycles. The summed E-state index contributed by atoms with van der Waals surface area (Å²) >= 11 is 0. The highest BCUT2D eigenvalue weighted by Crippen LogP contribution is 2.00. The Kier molecular flexibility index (Phi) is 4.20. The van der Waals surface area contributed by atoms with Crippen LogP contribution in [0.15, 0.2) is 0 Å². The van der Waals surface area contributed by atoms with E-state index in [2.05, 4.69) is 0 Å². The minimum atomic E-state index is -0.944. The second-order valence-electron chi connectivity index (χ2n) is 3.49. The van der Waals surface area contributed by atoms with Gasteiger partial charge in [-0.25, -0.2) is 0 Å². The van der Waals surface area contributed by atoms with E-state index in [1.807, 2.05) is 13.8 Å². The van der Waals surface area contributed by atoms with E-state index in [1.54, 1.807) is 13.8 Å². The summed E-state index contributed by atoms with van der Waals surface area (Å²) in [5.41, 5.74) is 4.52. The highest BCUT2D eigenvalue weighted by Gasteiger charge is 2.23. The number of carbonyl (C=O) groups is 1. The first-order chi connectivity index (χ1) is 5.34. The van der Waals surface area contributed by atoms with E-state index in [0.717, 1.165) is 0 Å². The van der Waals surface area contributed by atoms with E-state index >= 15 is 0 Å². The zero-order chi connectivity index (χ0) is 9.78. The second-order valence-corrected chi connectivity index (χ2v) is 3.49. The fraction of sp³-hybridized carbons (Fsp3) is 0.875. The number of hydrogen-bond acceptors (Lipinski definition) is 4. The van der Waals surface area contributed by atoms with Gasteiger partial charge in [-0.1, -0.05) is 0 Å². The Labute approximate surface area is 73.0 Å². The molecule has 0 radical (unpaired) electrons. The van der Waals surface area contributed by atoms with Gasteiger partial charge in [0.25, 0.3) is 0 Å². The molecule has 0 spiro atoms. The van der Waals surface area contributed by atoms with Crippen LogP contribution in [-0.4, -0.2) is 24.4 Å². The zero-order valence-corrected chi connectivity index (χ0v) is 8.09. The van der Waals surface area contributed by atoms with Crippen molar-refractivity contribution in [3.63, 3.8) is 0 Å². The van der Waals surface area contributed by atoms with Crippen LogP contribution in [0.3, 0.4) is 0 Å². The van der Waals surface area contributed by atoms with Gasteiger partial charge < -0.3 is 15.2 Å². The van der Waals surface area contributed by atoms with Crippen molar-refractivity contribution < 1.29 is 14.3 Å². The normalized spacial score (nSPS) is 11.8. The van der Waals surface area contributed by atoms with Crippen LogP contribution >= 0.6 is 0 Å². The fourth-order valence-corrected chi connectivity index (χ4v) is 0.410. The topological polar surface area (TPSA) is 61.5 Å². The summed E-state index contributed by atoms with van der Waals surface area (Å²) in [7, 11) is 0. The molecule has 0 atom stereocenters. The Hall–Kier alpha value is -0.610. The third-order valence-electron chi connectivity index (χ3n) is 1.12. The average molecular weight is 175 g/mol. The molecule has 0 bridgehead atoms. The molecule has 72 valence electrons. The molecule has 0 aromatic carbocycles. The maximum atomic E-state index is 11.0. The lowest BCUT2D eigenvalue weighted by Gasteiger charge is -2.17. The molecule has 0 aromatic rings. The van der Waals surface area contributed by atoms with Gasteiger partial charge in [-0.05, 0) is 27.7 Å². The number of hydrogen-bond donors (Lipinski definition) is 1. The lowest BCUT2D eigenvalue weighted by molar-refractivity contribution is -0.164. The van der Waals surface area contributed by atoms with Crippen LogP contribution < -0.4 is 5.73 Å². The van der Waals surface area contributed by atoms with Crippen molar-refractivity contribution in [1.29, 1.82) is 0 Å². The molecule has 4 heteroatoms. The molecule has 0 saturated carbocycles. The maximum absolute atomic E-state index is 11.0. The first kappa shape index (κ1) is 11.4. The molecule has 0 rings (SSSR count). The summed E-state index contributed by atoms with van der Waals surface area (Å²) in [5, 5.41) is 0. The third kappa shape index (κ3) is 5.09. The van der Waals surface area contributed by atoms with Crippen molar-refractivity contribution in [2.24, 2.45) is 5.73 Å². The summed E-state index contributed by atoms with van der Waals surface area (Å²) < 4.78 is 9.74. The first-order valence-corrected chi connectivity index (χ1v) is 3.91. The van der Waals surface area contributed by atoms with Gasteiger partial charge in [-0.15, -0.1) is 0 Å². The van der Waals surface area contributed by atoms with Crippen molar-refractivity contribution in [3.8, 4) is 0 Å². The Morgan fingerprint density at radius 3 is 2.33 bits per heavy atom. The van der Waals surface area contributed by atoms with Crippen LogP contribution in [0.5, 0.6) is 0 Å². The van der Waals surface area contributed by atoms with Gasteiger partial charge in [0.2, 0.25) is 0 Å². The molecule has 2 N–H and O–H groups in total. The lowest BCUT2D eigenvalue weighted by Crippen LogP contribution is -2.43. The van der Waals surface area contributed by atoms with E-state index in [1.165, 1.54) is 0 Å². The summed E-state index contributed by atoms with van der Waals surface area (Å²) in [6.45, 7) is 6.87. The molecule has 0 amide bonds. The monoisotopic (exact) mass is 175 g/mol. The Bertz CT molecular complexity index is 149. The molecular weight excluding hydrogens is 158 g/mol. The Morgan fingerprint density at radius 1 is 1.50 bits per heavy atom. The molecule has 0 unspecified atom stereocenters. The molecular formula is C8H17NO3. The maximum Gasteiger partial charge on any atom is 0.327 e. The molecule has 0 heterocycles. The molecule has 0 aliphatic heterocycles. The molecule has 12 heavy (non-hydrogen) atoms. The predicted molar refractivity (Wildman–Crippen MR) is 45.4 cm³/mol. The van der Waals surface area contributed by atoms with Crippen LogP contribution in [0.1, 0.15) is 27.7 Å².